The van der Waals surface area contributed by atoms with Crippen molar-refractivity contribution in [3.63, 3.8) is 0 Å². The Kier molecular flexibility index (Phi) is 7.62. The third kappa shape index (κ3) is 4.77. The lowest BCUT2D eigenvalue weighted by Gasteiger charge is -2.24. The highest BCUT2D eigenvalue weighted by Gasteiger charge is 2.33. The van der Waals surface area contributed by atoms with Crippen molar-refractivity contribution in [3.8, 4) is 17.2 Å². The van der Waals surface area contributed by atoms with Gasteiger partial charge in [-0.15, -0.1) is 0 Å². The molecule has 2 aromatic carbocycles. The maximum Gasteiger partial charge on any atom is 0.338 e. The summed E-state index contributed by atoms with van der Waals surface area (Å²) in [5.41, 5.74) is 0.942. The number of ether oxygens (including phenoxy) is 4. The number of aromatic nitrogens is 1. The van der Waals surface area contributed by atoms with Gasteiger partial charge in [-0.1, -0.05) is 23.5 Å². The van der Waals surface area contributed by atoms with Gasteiger partial charge >= 0.3 is 11.7 Å². The predicted molar refractivity (Wildman–Crippen MR) is 140 cm³/mol. The third-order valence-corrected chi connectivity index (χ3v) is 6.95. The Bertz CT molecular complexity index is 1620. The second-order valence-electron chi connectivity index (χ2n) is 8.10. The summed E-state index contributed by atoms with van der Waals surface area (Å²) in [4.78, 5) is 42.7. The van der Waals surface area contributed by atoms with E-state index in [9.17, 15) is 19.7 Å². The van der Waals surface area contributed by atoms with E-state index in [1.54, 1.807) is 45.2 Å². The fourth-order valence-electron chi connectivity index (χ4n) is 4.20. The zero-order valence-corrected chi connectivity index (χ0v) is 22.2. The number of thiazole rings is 1. The minimum atomic E-state index is -0.801. The van der Waals surface area contributed by atoms with Crippen LogP contribution >= 0.6 is 11.3 Å². The normalized spacial score (nSPS) is 15.0. The summed E-state index contributed by atoms with van der Waals surface area (Å²) in [5.74, 6) is 0.358. The van der Waals surface area contributed by atoms with Crippen LogP contribution in [0.4, 0.5) is 5.69 Å². The number of fused-ring (bicyclic) bond motifs is 1. The molecular weight excluding hydrogens is 514 g/mol. The Morgan fingerprint density at radius 1 is 1.13 bits per heavy atom. The zero-order chi connectivity index (χ0) is 27.6. The molecule has 38 heavy (non-hydrogen) atoms. The molecule has 4 rings (SSSR count). The van der Waals surface area contributed by atoms with Gasteiger partial charge in [0, 0.05) is 17.7 Å². The van der Waals surface area contributed by atoms with Gasteiger partial charge in [0.2, 0.25) is 5.75 Å². The number of esters is 1. The van der Waals surface area contributed by atoms with E-state index in [-0.39, 0.29) is 33.9 Å². The molecule has 0 amide bonds. The molecule has 0 saturated heterocycles. The first-order valence-corrected chi connectivity index (χ1v) is 12.3. The summed E-state index contributed by atoms with van der Waals surface area (Å²) < 4.78 is 22.8. The molecule has 198 valence electrons. The van der Waals surface area contributed by atoms with Gasteiger partial charge in [0.05, 0.1) is 54.7 Å². The molecule has 0 aliphatic carbocycles. The largest absolute Gasteiger partial charge is 0.497 e. The van der Waals surface area contributed by atoms with Crippen molar-refractivity contribution in [2.75, 3.05) is 27.9 Å². The Morgan fingerprint density at radius 2 is 1.82 bits per heavy atom. The molecule has 1 atom stereocenters. The number of carbonyl (C=O) groups excluding carboxylic acids is 1. The van der Waals surface area contributed by atoms with E-state index in [0.717, 1.165) is 11.3 Å². The molecule has 0 spiro atoms. The van der Waals surface area contributed by atoms with E-state index >= 15 is 0 Å². The van der Waals surface area contributed by atoms with Gasteiger partial charge in [-0.2, -0.15) is 0 Å². The van der Waals surface area contributed by atoms with Crippen LogP contribution < -0.4 is 29.1 Å². The molecule has 1 aliphatic rings. The van der Waals surface area contributed by atoms with Gasteiger partial charge in [0.25, 0.3) is 5.56 Å². The number of carbonyl (C=O) groups is 1. The highest BCUT2D eigenvalue weighted by atomic mass is 32.1. The zero-order valence-electron chi connectivity index (χ0n) is 21.3. The summed E-state index contributed by atoms with van der Waals surface area (Å²) in [5, 5.41) is 11.6. The second-order valence-corrected chi connectivity index (χ2v) is 9.11. The van der Waals surface area contributed by atoms with E-state index in [4.69, 9.17) is 18.9 Å². The number of benzene rings is 2. The van der Waals surface area contributed by atoms with Gasteiger partial charge < -0.3 is 18.9 Å². The van der Waals surface area contributed by atoms with Crippen molar-refractivity contribution >= 4 is 29.1 Å². The Morgan fingerprint density at radius 3 is 2.39 bits per heavy atom. The molecule has 0 radical (unpaired) electrons. The second kappa shape index (κ2) is 10.9. The number of rotatable bonds is 8. The lowest BCUT2D eigenvalue weighted by molar-refractivity contribution is -0.385. The first kappa shape index (κ1) is 26.6. The van der Waals surface area contributed by atoms with Crippen LogP contribution in [0.15, 0.2) is 57.5 Å². The van der Waals surface area contributed by atoms with E-state index in [1.807, 2.05) is 0 Å². The molecule has 11 nitrogen and oxygen atoms in total. The molecule has 12 heteroatoms. The molecule has 1 aliphatic heterocycles. The van der Waals surface area contributed by atoms with Gasteiger partial charge in [-0.25, -0.2) is 9.79 Å². The van der Waals surface area contributed by atoms with Gasteiger partial charge in [-0.05, 0) is 37.6 Å². The van der Waals surface area contributed by atoms with Crippen molar-refractivity contribution in [3.05, 3.63) is 88.6 Å². The summed E-state index contributed by atoms with van der Waals surface area (Å²) in [6.45, 7) is 3.55. The molecule has 0 fully saturated rings. The maximum absolute atomic E-state index is 13.8. The number of nitro groups is 1. The van der Waals surface area contributed by atoms with E-state index in [0.29, 0.717) is 27.4 Å². The Hall–Kier alpha value is -4.45. The average molecular weight is 540 g/mol. The quantitative estimate of drug-likeness (QED) is 0.243. The number of hydrogen-bond donors (Lipinski definition) is 0. The highest BCUT2D eigenvalue weighted by Crippen LogP contribution is 2.35. The van der Waals surface area contributed by atoms with Crippen molar-refractivity contribution < 1.29 is 28.7 Å². The van der Waals surface area contributed by atoms with E-state index in [1.165, 1.54) is 37.0 Å². The monoisotopic (exact) mass is 539 g/mol. The molecule has 0 unspecified atom stereocenters. The first-order valence-electron chi connectivity index (χ1n) is 11.5. The smallest absolute Gasteiger partial charge is 0.338 e. The SMILES string of the molecule is CCOC(=O)C1=C(C)N=c2s/c(=C/c3cc([N+](=O)[O-])c(OC)cc3OC)c(=O)n2[C@@H]1c1ccc(OC)cc1. The molecule has 3 aromatic rings. The Labute approximate surface area is 221 Å². The number of nitro benzene ring substituents is 1. The van der Waals surface area contributed by atoms with Gasteiger partial charge in [0.1, 0.15) is 11.5 Å². The van der Waals surface area contributed by atoms with E-state index < -0.39 is 22.5 Å². The lowest BCUT2D eigenvalue weighted by atomic mass is 9.96. The molecule has 2 heterocycles. The minimum Gasteiger partial charge on any atom is -0.497 e. The van der Waals surface area contributed by atoms with Crippen LogP contribution in [0.1, 0.15) is 31.0 Å². The number of allylic oxidation sites excluding steroid dienone is 1. The van der Waals surface area contributed by atoms with Crippen LogP contribution in [0, 0.1) is 10.1 Å². The summed E-state index contributed by atoms with van der Waals surface area (Å²) in [7, 11) is 4.28. The third-order valence-electron chi connectivity index (χ3n) is 5.96. The van der Waals surface area contributed by atoms with Crippen LogP contribution in [0.5, 0.6) is 17.2 Å². The predicted octanol–water partition coefficient (Wildman–Crippen LogP) is 2.73. The highest BCUT2D eigenvalue weighted by molar-refractivity contribution is 7.07. The van der Waals surface area contributed by atoms with Crippen molar-refractivity contribution in [1.82, 2.24) is 4.57 Å². The van der Waals surface area contributed by atoms with Crippen LogP contribution in [0.25, 0.3) is 6.08 Å². The molecule has 0 bridgehead atoms. The van der Waals surface area contributed by atoms with Crippen molar-refractivity contribution in [2.24, 2.45) is 4.99 Å². The van der Waals surface area contributed by atoms with Crippen molar-refractivity contribution in [2.45, 2.75) is 19.9 Å². The summed E-state index contributed by atoms with van der Waals surface area (Å²) in [6.07, 6.45) is 1.50. The minimum absolute atomic E-state index is 0.0275. The fraction of sp³-hybridized carbons (Fsp3) is 0.269. The van der Waals surface area contributed by atoms with E-state index in [2.05, 4.69) is 4.99 Å². The van der Waals surface area contributed by atoms with Gasteiger partial charge in [0.15, 0.2) is 4.80 Å². The van der Waals surface area contributed by atoms with Crippen LogP contribution in [-0.4, -0.2) is 43.4 Å². The molecular formula is C26H25N3O8S. The standard InChI is InChI=1S/C26H25N3O8S/c1-6-37-25(31)22-14(2)27-26-28(23(22)15-7-9-17(34-3)10-8-15)24(30)21(38-26)12-16-11-18(29(32)33)20(36-5)13-19(16)35-4/h7-13,23H,6H2,1-5H3/b21-12+/t23-/m1/s1. The van der Waals surface area contributed by atoms with Gasteiger partial charge in [-0.3, -0.25) is 19.5 Å². The topological polar surface area (TPSA) is 131 Å². The van der Waals surface area contributed by atoms with Crippen LogP contribution in [0.3, 0.4) is 0 Å². The first-order chi connectivity index (χ1) is 18.2. The summed E-state index contributed by atoms with van der Waals surface area (Å²) >= 11 is 1.10. The molecule has 0 saturated carbocycles. The van der Waals surface area contributed by atoms with Crippen molar-refractivity contribution in [1.29, 1.82) is 0 Å². The molecule has 1 aromatic heterocycles. The Balaban J connectivity index is 1.97. The van der Waals surface area contributed by atoms with Crippen LogP contribution in [-0.2, 0) is 9.53 Å². The summed E-state index contributed by atoms with van der Waals surface area (Å²) in [6, 6.07) is 8.90. The fourth-order valence-corrected chi connectivity index (χ4v) is 5.23. The lowest BCUT2D eigenvalue weighted by Crippen LogP contribution is -2.39. The van der Waals surface area contributed by atoms with Crippen LogP contribution in [0.2, 0.25) is 0 Å². The molecule has 0 N–H and O–H groups in total. The average Bonchev–Trinajstić information content (AvgIpc) is 3.21. The number of methoxy groups -OCH3 is 3. The number of nitrogens with zero attached hydrogens (tertiary/aromatic N) is 3. The number of hydrogen-bond acceptors (Lipinski definition) is 10. The maximum atomic E-state index is 13.8.